The molecule has 3 N–H and O–H groups in total. The zero-order chi connectivity index (χ0) is 14.8. The van der Waals surface area contributed by atoms with Crippen molar-refractivity contribution in [2.45, 2.75) is 18.2 Å². The van der Waals surface area contributed by atoms with Gasteiger partial charge in [-0.1, -0.05) is 25.1 Å². The average molecular weight is 294 g/mol. The van der Waals surface area contributed by atoms with Gasteiger partial charge in [0, 0.05) is 5.69 Å². The van der Waals surface area contributed by atoms with Gasteiger partial charge in [0.1, 0.15) is 5.82 Å². The molecule has 2 aromatic rings. The number of halogens is 1. The molecule has 0 aliphatic carbocycles. The molecule has 0 unspecified atom stereocenters. The van der Waals surface area contributed by atoms with Gasteiger partial charge in [0.05, 0.1) is 10.6 Å². The SMILES string of the molecule is CCc1ccc(N)cc1S(=O)(=O)Nc1ccccc1F. The van der Waals surface area contributed by atoms with Crippen molar-refractivity contribution in [2.24, 2.45) is 0 Å². The number of para-hydroxylation sites is 1. The molecule has 0 atom stereocenters. The van der Waals surface area contributed by atoms with Gasteiger partial charge in [-0.3, -0.25) is 4.72 Å². The summed E-state index contributed by atoms with van der Waals surface area (Å²) in [6, 6.07) is 10.3. The molecule has 0 heterocycles. The second-order valence-electron chi connectivity index (χ2n) is 4.31. The van der Waals surface area contributed by atoms with Crippen molar-refractivity contribution < 1.29 is 12.8 Å². The van der Waals surface area contributed by atoms with Gasteiger partial charge in [0.2, 0.25) is 0 Å². The topological polar surface area (TPSA) is 72.2 Å². The molecule has 0 amide bonds. The molecule has 20 heavy (non-hydrogen) atoms. The van der Waals surface area contributed by atoms with E-state index in [4.69, 9.17) is 5.73 Å². The Kier molecular flexibility index (Phi) is 3.94. The normalized spacial score (nSPS) is 11.3. The van der Waals surface area contributed by atoms with E-state index in [2.05, 4.69) is 4.72 Å². The summed E-state index contributed by atoms with van der Waals surface area (Å²) in [5.41, 5.74) is 6.52. The quantitative estimate of drug-likeness (QED) is 0.852. The van der Waals surface area contributed by atoms with E-state index in [1.54, 1.807) is 18.2 Å². The first kappa shape index (κ1) is 14.3. The van der Waals surface area contributed by atoms with Crippen LogP contribution in [0.3, 0.4) is 0 Å². The molecule has 0 aliphatic heterocycles. The Bertz CT molecular complexity index is 730. The molecule has 0 fully saturated rings. The van der Waals surface area contributed by atoms with E-state index in [0.717, 1.165) is 0 Å². The van der Waals surface area contributed by atoms with Gasteiger partial charge in [-0.25, -0.2) is 12.8 Å². The lowest BCUT2D eigenvalue weighted by molar-refractivity contribution is 0.597. The first-order valence-electron chi connectivity index (χ1n) is 6.10. The maximum Gasteiger partial charge on any atom is 0.262 e. The zero-order valence-corrected chi connectivity index (χ0v) is 11.7. The summed E-state index contributed by atoms with van der Waals surface area (Å²) in [6.07, 6.45) is 0.536. The molecule has 0 radical (unpaired) electrons. The fraction of sp³-hybridized carbons (Fsp3) is 0.143. The number of benzene rings is 2. The molecule has 2 aromatic carbocycles. The van der Waals surface area contributed by atoms with Crippen LogP contribution in [0.2, 0.25) is 0 Å². The third-order valence-corrected chi connectivity index (χ3v) is 4.33. The largest absolute Gasteiger partial charge is 0.399 e. The van der Waals surface area contributed by atoms with Crippen LogP contribution in [0.15, 0.2) is 47.4 Å². The minimum atomic E-state index is -3.87. The summed E-state index contributed by atoms with van der Waals surface area (Å²) >= 11 is 0. The Morgan fingerprint density at radius 1 is 1.20 bits per heavy atom. The first-order chi connectivity index (χ1) is 9.44. The molecule has 0 aliphatic rings. The van der Waals surface area contributed by atoms with E-state index in [0.29, 0.717) is 17.7 Å². The zero-order valence-electron chi connectivity index (χ0n) is 10.9. The molecule has 0 saturated heterocycles. The highest BCUT2D eigenvalue weighted by Gasteiger charge is 2.19. The van der Waals surface area contributed by atoms with Crippen molar-refractivity contribution in [3.05, 3.63) is 53.8 Å². The van der Waals surface area contributed by atoms with Gasteiger partial charge in [0.15, 0.2) is 0 Å². The van der Waals surface area contributed by atoms with Crippen LogP contribution in [0.25, 0.3) is 0 Å². The molecule has 106 valence electrons. The number of hydrogen-bond acceptors (Lipinski definition) is 3. The van der Waals surface area contributed by atoms with Crippen LogP contribution in [0, 0.1) is 5.82 Å². The monoisotopic (exact) mass is 294 g/mol. The van der Waals surface area contributed by atoms with Gasteiger partial charge in [-0.15, -0.1) is 0 Å². The van der Waals surface area contributed by atoms with Crippen molar-refractivity contribution >= 4 is 21.4 Å². The second kappa shape index (κ2) is 5.50. The number of anilines is 2. The average Bonchev–Trinajstić information content (AvgIpc) is 2.41. The number of rotatable bonds is 4. The molecular weight excluding hydrogens is 279 g/mol. The Labute approximate surface area is 117 Å². The Hall–Kier alpha value is -2.08. The maximum absolute atomic E-state index is 13.5. The fourth-order valence-electron chi connectivity index (χ4n) is 1.86. The number of hydrogen-bond donors (Lipinski definition) is 2. The van der Waals surface area contributed by atoms with Crippen molar-refractivity contribution in [3.8, 4) is 0 Å². The van der Waals surface area contributed by atoms with Crippen LogP contribution in [0.1, 0.15) is 12.5 Å². The second-order valence-corrected chi connectivity index (χ2v) is 5.96. The molecule has 6 heteroatoms. The number of aryl methyl sites for hydroxylation is 1. The number of nitrogen functional groups attached to an aromatic ring is 1. The van der Waals surface area contributed by atoms with Crippen LogP contribution in [-0.4, -0.2) is 8.42 Å². The smallest absolute Gasteiger partial charge is 0.262 e. The Balaban J connectivity index is 2.46. The van der Waals surface area contributed by atoms with Crippen LogP contribution >= 0.6 is 0 Å². The van der Waals surface area contributed by atoms with E-state index in [9.17, 15) is 12.8 Å². The summed E-state index contributed by atoms with van der Waals surface area (Å²) < 4.78 is 40.5. The molecular formula is C14H15FN2O2S. The predicted octanol–water partition coefficient (Wildman–Crippen LogP) is 2.77. The minimum Gasteiger partial charge on any atom is -0.399 e. The maximum atomic E-state index is 13.5. The number of sulfonamides is 1. The van der Waals surface area contributed by atoms with Crippen molar-refractivity contribution in [2.75, 3.05) is 10.5 Å². The van der Waals surface area contributed by atoms with Crippen molar-refractivity contribution in [1.82, 2.24) is 0 Å². The van der Waals surface area contributed by atoms with E-state index < -0.39 is 15.8 Å². The Morgan fingerprint density at radius 2 is 1.90 bits per heavy atom. The van der Waals surface area contributed by atoms with Gasteiger partial charge >= 0.3 is 0 Å². The van der Waals surface area contributed by atoms with E-state index in [1.807, 2.05) is 6.92 Å². The molecule has 0 aromatic heterocycles. The third kappa shape index (κ3) is 2.91. The summed E-state index contributed by atoms with van der Waals surface area (Å²) in [4.78, 5) is 0.0725. The lowest BCUT2D eigenvalue weighted by Gasteiger charge is -2.12. The predicted molar refractivity (Wildman–Crippen MR) is 77.4 cm³/mol. The molecule has 0 saturated carbocycles. The van der Waals surface area contributed by atoms with Crippen LogP contribution in [0.4, 0.5) is 15.8 Å². The van der Waals surface area contributed by atoms with Crippen molar-refractivity contribution in [3.63, 3.8) is 0 Å². The van der Waals surface area contributed by atoms with Crippen LogP contribution < -0.4 is 10.5 Å². The number of nitrogens with two attached hydrogens (primary N) is 1. The van der Waals surface area contributed by atoms with Crippen molar-refractivity contribution in [1.29, 1.82) is 0 Å². The van der Waals surface area contributed by atoms with Crippen LogP contribution in [-0.2, 0) is 16.4 Å². The standard InChI is InChI=1S/C14H15FN2O2S/c1-2-10-7-8-11(16)9-14(10)20(18,19)17-13-6-4-3-5-12(13)15/h3-9,17H,2,16H2,1H3. The highest BCUT2D eigenvalue weighted by atomic mass is 32.2. The van der Waals surface area contributed by atoms with Gasteiger partial charge in [0.25, 0.3) is 10.0 Å². The van der Waals surface area contributed by atoms with Gasteiger partial charge in [-0.05, 0) is 36.2 Å². The molecule has 2 rings (SSSR count). The fourth-order valence-corrected chi connectivity index (χ4v) is 3.27. The summed E-state index contributed by atoms with van der Waals surface area (Å²) in [5, 5.41) is 0. The van der Waals surface area contributed by atoms with E-state index in [-0.39, 0.29) is 10.6 Å². The number of nitrogens with one attached hydrogen (secondary N) is 1. The van der Waals surface area contributed by atoms with Gasteiger partial charge < -0.3 is 5.73 Å². The highest BCUT2D eigenvalue weighted by molar-refractivity contribution is 7.92. The van der Waals surface area contributed by atoms with Crippen LogP contribution in [0.5, 0.6) is 0 Å². The lowest BCUT2D eigenvalue weighted by Crippen LogP contribution is -2.16. The summed E-state index contributed by atoms with van der Waals surface area (Å²) in [7, 11) is -3.87. The van der Waals surface area contributed by atoms with Gasteiger partial charge in [-0.2, -0.15) is 0 Å². The van der Waals surface area contributed by atoms with E-state index in [1.165, 1.54) is 24.3 Å². The lowest BCUT2D eigenvalue weighted by atomic mass is 10.1. The minimum absolute atomic E-state index is 0.0725. The highest BCUT2D eigenvalue weighted by Crippen LogP contribution is 2.23. The Morgan fingerprint density at radius 3 is 2.55 bits per heavy atom. The molecule has 0 bridgehead atoms. The summed E-state index contributed by atoms with van der Waals surface area (Å²) in [5.74, 6) is -0.627. The molecule has 0 spiro atoms. The summed E-state index contributed by atoms with van der Waals surface area (Å²) in [6.45, 7) is 1.84. The molecule has 4 nitrogen and oxygen atoms in total. The first-order valence-corrected chi connectivity index (χ1v) is 7.58. The third-order valence-electron chi connectivity index (χ3n) is 2.88. The van der Waals surface area contributed by atoms with E-state index >= 15 is 0 Å².